The molecule has 1 aliphatic rings. The first kappa shape index (κ1) is 18.2. The lowest BCUT2D eigenvalue weighted by Gasteiger charge is -2.13. The highest BCUT2D eigenvalue weighted by atomic mass is 79.9. The van der Waals surface area contributed by atoms with Crippen molar-refractivity contribution in [2.24, 2.45) is 0 Å². The average molecular weight is 447 g/mol. The van der Waals surface area contributed by atoms with Crippen molar-refractivity contribution < 1.29 is 19.0 Å². The normalized spacial score (nSPS) is 13.1. The number of ether oxygens (including phenoxy) is 3. The molecule has 0 aliphatic carbocycles. The molecule has 2 aromatic rings. The van der Waals surface area contributed by atoms with Crippen LogP contribution in [0.15, 0.2) is 34.8 Å². The van der Waals surface area contributed by atoms with Crippen LogP contribution in [0.4, 0.5) is 5.69 Å². The molecule has 5 nitrogen and oxygen atoms in total. The summed E-state index contributed by atoms with van der Waals surface area (Å²) >= 11 is 15.4. The summed E-state index contributed by atoms with van der Waals surface area (Å²) in [7, 11) is 0. The predicted octanol–water partition coefficient (Wildman–Crippen LogP) is 4.93. The van der Waals surface area contributed by atoms with Crippen molar-refractivity contribution >= 4 is 50.7 Å². The SMILES string of the molecule is O=C(COc1ccc(Cl)cc1Br)Nc1cc2c(cc1Cl)OCCCO2. The molecule has 0 fully saturated rings. The molecule has 0 saturated heterocycles. The highest BCUT2D eigenvalue weighted by Crippen LogP contribution is 2.37. The third kappa shape index (κ3) is 4.71. The summed E-state index contributed by atoms with van der Waals surface area (Å²) in [6.45, 7) is 0.944. The van der Waals surface area contributed by atoms with Crippen LogP contribution in [0, 0.1) is 0 Å². The van der Waals surface area contributed by atoms with Gasteiger partial charge in [0.2, 0.25) is 0 Å². The van der Waals surface area contributed by atoms with E-state index in [1.165, 1.54) is 0 Å². The Kier molecular flexibility index (Phi) is 5.93. The number of hydrogen-bond acceptors (Lipinski definition) is 4. The molecule has 8 heteroatoms. The van der Waals surface area contributed by atoms with Gasteiger partial charge in [-0.1, -0.05) is 23.2 Å². The number of carbonyl (C=O) groups is 1. The maximum Gasteiger partial charge on any atom is 0.262 e. The van der Waals surface area contributed by atoms with Gasteiger partial charge in [-0.15, -0.1) is 0 Å². The molecule has 1 aliphatic heterocycles. The van der Waals surface area contributed by atoms with Crippen molar-refractivity contribution in [3.63, 3.8) is 0 Å². The predicted molar refractivity (Wildman–Crippen MR) is 100 cm³/mol. The first-order valence-electron chi connectivity index (χ1n) is 7.50. The molecule has 0 bridgehead atoms. The van der Waals surface area contributed by atoms with E-state index in [2.05, 4.69) is 21.2 Å². The van der Waals surface area contributed by atoms with Gasteiger partial charge in [0.15, 0.2) is 18.1 Å². The molecule has 0 aromatic heterocycles. The van der Waals surface area contributed by atoms with Crippen LogP contribution in [-0.4, -0.2) is 25.7 Å². The minimum absolute atomic E-state index is 0.176. The second-order valence-electron chi connectivity index (χ2n) is 5.24. The highest BCUT2D eigenvalue weighted by molar-refractivity contribution is 9.10. The molecule has 2 aromatic carbocycles. The third-order valence-electron chi connectivity index (χ3n) is 3.36. The lowest BCUT2D eigenvalue weighted by molar-refractivity contribution is -0.118. The van der Waals surface area contributed by atoms with E-state index in [-0.39, 0.29) is 12.5 Å². The molecule has 1 amide bonds. The van der Waals surface area contributed by atoms with Crippen LogP contribution in [0.2, 0.25) is 10.0 Å². The Morgan fingerprint density at radius 2 is 1.88 bits per heavy atom. The maximum absolute atomic E-state index is 12.1. The van der Waals surface area contributed by atoms with Crippen molar-refractivity contribution in [3.8, 4) is 17.2 Å². The molecular weight excluding hydrogens is 433 g/mol. The number of rotatable bonds is 4. The molecule has 132 valence electrons. The van der Waals surface area contributed by atoms with Crippen LogP contribution in [0.3, 0.4) is 0 Å². The van der Waals surface area contributed by atoms with Gasteiger partial charge in [-0.25, -0.2) is 0 Å². The van der Waals surface area contributed by atoms with Crippen LogP contribution in [0.5, 0.6) is 17.2 Å². The largest absolute Gasteiger partial charge is 0.490 e. The van der Waals surface area contributed by atoms with E-state index < -0.39 is 0 Å². The average Bonchev–Trinajstić information content (AvgIpc) is 2.79. The van der Waals surface area contributed by atoms with Gasteiger partial charge in [0.1, 0.15) is 5.75 Å². The summed E-state index contributed by atoms with van der Waals surface area (Å²) < 4.78 is 17.3. The van der Waals surface area contributed by atoms with E-state index in [4.69, 9.17) is 37.4 Å². The van der Waals surface area contributed by atoms with E-state index >= 15 is 0 Å². The van der Waals surface area contributed by atoms with Crippen LogP contribution in [0.1, 0.15) is 6.42 Å². The Balaban J connectivity index is 1.65. The molecule has 25 heavy (non-hydrogen) atoms. The summed E-state index contributed by atoms with van der Waals surface area (Å²) in [5, 5.41) is 3.65. The molecule has 0 atom stereocenters. The molecule has 0 radical (unpaired) electrons. The lowest BCUT2D eigenvalue weighted by atomic mass is 10.2. The minimum atomic E-state index is -0.349. The number of hydrogen-bond donors (Lipinski definition) is 1. The molecular formula is C17H14BrCl2NO4. The number of halogens is 3. The zero-order valence-corrected chi connectivity index (χ0v) is 16.1. The zero-order valence-electron chi connectivity index (χ0n) is 13.0. The summed E-state index contributed by atoms with van der Waals surface area (Å²) in [5.74, 6) is 1.29. The Hall–Kier alpha value is -1.63. The van der Waals surface area contributed by atoms with Crippen molar-refractivity contribution in [1.82, 2.24) is 0 Å². The molecule has 0 spiro atoms. The number of benzene rings is 2. The van der Waals surface area contributed by atoms with Gasteiger partial charge >= 0.3 is 0 Å². The summed E-state index contributed by atoms with van der Waals surface area (Å²) in [6, 6.07) is 8.34. The van der Waals surface area contributed by atoms with Gasteiger partial charge in [0.05, 0.1) is 28.4 Å². The number of amides is 1. The van der Waals surface area contributed by atoms with Gasteiger partial charge in [0, 0.05) is 23.6 Å². The van der Waals surface area contributed by atoms with Crippen molar-refractivity contribution in [2.75, 3.05) is 25.1 Å². The first-order valence-corrected chi connectivity index (χ1v) is 9.04. The highest BCUT2D eigenvalue weighted by Gasteiger charge is 2.16. The number of fused-ring (bicyclic) bond motifs is 1. The molecule has 0 unspecified atom stereocenters. The second kappa shape index (κ2) is 8.17. The smallest absolute Gasteiger partial charge is 0.262 e. The van der Waals surface area contributed by atoms with E-state index in [0.29, 0.717) is 50.7 Å². The molecule has 1 heterocycles. The van der Waals surface area contributed by atoms with E-state index in [1.54, 1.807) is 30.3 Å². The summed E-state index contributed by atoms with van der Waals surface area (Å²) in [4.78, 5) is 12.1. The third-order valence-corrected chi connectivity index (χ3v) is 4.53. The zero-order chi connectivity index (χ0) is 17.8. The Morgan fingerprint density at radius 1 is 1.16 bits per heavy atom. The monoisotopic (exact) mass is 445 g/mol. The summed E-state index contributed by atoms with van der Waals surface area (Å²) in [5.41, 5.74) is 0.440. The first-order chi connectivity index (χ1) is 12.0. The molecule has 1 N–H and O–H groups in total. The number of nitrogens with one attached hydrogen (secondary N) is 1. The fourth-order valence-electron chi connectivity index (χ4n) is 2.20. The topological polar surface area (TPSA) is 56.8 Å². The standard InChI is InChI=1S/C17H14BrCl2NO4/c18-11-6-10(19)2-3-14(11)25-9-17(22)21-13-8-16-15(7-12(13)20)23-4-1-5-24-16/h2-3,6-8H,1,4-5,9H2,(H,21,22). The van der Waals surface area contributed by atoms with Crippen LogP contribution in [0.25, 0.3) is 0 Å². The van der Waals surface area contributed by atoms with E-state index in [0.717, 1.165) is 6.42 Å². The van der Waals surface area contributed by atoms with Gasteiger partial charge in [-0.3, -0.25) is 4.79 Å². The molecule has 0 saturated carbocycles. The Morgan fingerprint density at radius 3 is 2.60 bits per heavy atom. The Labute approximate surface area is 163 Å². The number of anilines is 1. The molecule has 3 rings (SSSR count). The number of carbonyl (C=O) groups excluding carboxylic acids is 1. The van der Waals surface area contributed by atoms with Crippen molar-refractivity contribution in [3.05, 3.63) is 44.8 Å². The lowest BCUT2D eigenvalue weighted by Crippen LogP contribution is -2.20. The fraction of sp³-hybridized carbons (Fsp3) is 0.235. The second-order valence-corrected chi connectivity index (χ2v) is 6.94. The summed E-state index contributed by atoms with van der Waals surface area (Å²) in [6.07, 6.45) is 0.789. The quantitative estimate of drug-likeness (QED) is 0.722. The van der Waals surface area contributed by atoms with Crippen molar-refractivity contribution in [1.29, 1.82) is 0 Å². The van der Waals surface area contributed by atoms with E-state index in [9.17, 15) is 4.79 Å². The van der Waals surface area contributed by atoms with E-state index in [1.807, 2.05) is 0 Å². The van der Waals surface area contributed by atoms with Crippen LogP contribution >= 0.6 is 39.1 Å². The fourth-order valence-corrected chi connectivity index (χ4v) is 3.20. The minimum Gasteiger partial charge on any atom is -0.490 e. The Bertz CT molecular complexity index is 800. The van der Waals surface area contributed by atoms with Crippen LogP contribution < -0.4 is 19.5 Å². The van der Waals surface area contributed by atoms with Gasteiger partial charge in [-0.05, 0) is 34.1 Å². The van der Waals surface area contributed by atoms with Crippen LogP contribution in [-0.2, 0) is 4.79 Å². The van der Waals surface area contributed by atoms with Gasteiger partial charge in [-0.2, -0.15) is 0 Å². The van der Waals surface area contributed by atoms with Gasteiger partial charge in [0.25, 0.3) is 5.91 Å². The van der Waals surface area contributed by atoms with Crippen molar-refractivity contribution in [2.45, 2.75) is 6.42 Å². The van der Waals surface area contributed by atoms with Gasteiger partial charge < -0.3 is 19.5 Å². The maximum atomic E-state index is 12.1.